The predicted molar refractivity (Wildman–Crippen MR) is 91.8 cm³/mol. The number of aromatic nitrogens is 2. The van der Waals surface area contributed by atoms with E-state index in [1.54, 1.807) is 11.3 Å². The molecule has 108 valence electrons. The maximum absolute atomic E-state index is 4.28. The molecule has 1 N–H and O–H groups in total. The van der Waals surface area contributed by atoms with Crippen LogP contribution in [0.25, 0.3) is 0 Å². The van der Waals surface area contributed by atoms with Gasteiger partial charge in [-0.15, -0.1) is 11.3 Å². The third-order valence-corrected chi connectivity index (χ3v) is 5.17. The van der Waals surface area contributed by atoms with Gasteiger partial charge in [-0.3, -0.25) is 4.68 Å². The van der Waals surface area contributed by atoms with E-state index in [0.717, 1.165) is 16.7 Å². The molecule has 0 saturated heterocycles. The first-order chi connectivity index (χ1) is 10.2. The van der Waals surface area contributed by atoms with Crippen molar-refractivity contribution in [2.75, 3.05) is 5.32 Å². The summed E-state index contributed by atoms with van der Waals surface area (Å²) < 4.78 is 3.08. The van der Waals surface area contributed by atoms with Crippen molar-refractivity contribution >= 4 is 33.0 Å². The Bertz CT molecular complexity index is 706. The Morgan fingerprint density at radius 1 is 1.33 bits per heavy atom. The lowest BCUT2D eigenvalue weighted by Gasteiger charge is -2.17. The molecule has 0 fully saturated rings. The molecule has 0 aliphatic heterocycles. The van der Waals surface area contributed by atoms with Crippen molar-refractivity contribution in [1.82, 2.24) is 9.78 Å². The Morgan fingerprint density at radius 3 is 2.90 bits per heavy atom. The largest absolute Gasteiger partial charge is 0.377 e. The Kier molecular flexibility index (Phi) is 4.41. The average molecular weight is 362 g/mol. The third kappa shape index (κ3) is 3.54. The Hall–Kier alpha value is -1.59. The van der Waals surface area contributed by atoms with Gasteiger partial charge in [-0.25, -0.2) is 0 Å². The molecular weight excluding hydrogens is 346 g/mol. The van der Waals surface area contributed by atoms with Gasteiger partial charge in [0.1, 0.15) is 0 Å². The summed E-state index contributed by atoms with van der Waals surface area (Å²) in [4.78, 5) is 1.32. The van der Waals surface area contributed by atoms with Crippen LogP contribution < -0.4 is 5.32 Å². The van der Waals surface area contributed by atoms with Gasteiger partial charge in [0.15, 0.2) is 0 Å². The zero-order chi connectivity index (χ0) is 14.7. The Balaban J connectivity index is 1.78. The lowest BCUT2D eigenvalue weighted by Crippen LogP contribution is -2.09. The minimum atomic E-state index is 0.278. The van der Waals surface area contributed by atoms with Crippen LogP contribution in [0.5, 0.6) is 0 Å². The summed E-state index contributed by atoms with van der Waals surface area (Å²) >= 11 is 5.27. The topological polar surface area (TPSA) is 29.9 Å². The molecule has 0 saturated carbocycles. The van der Waals surface area contributed by atoms with Gasteiger partial charge in [0.25, 0.3) is 0 Å². The van der Waals surface area contributed by atoms with Crippen molar-refractivity contribution in [2.45, 2.75) is 19.5 Å². The monoisotopic (exact) mass is 361 g/mol. The first-order valence-electron chi connectivity index (χ1n) is 6.78. The Labute approximate surface area is 136 Å². The highest BCUT2D eigenvalue weighted by Gasteiger charge is 2.10. The minimum Gasteiger partial charge on any atom is -0.377 e. The maximum atomic E-state index is 4.28. The van der Waals surface area contributed by atoms with Gasteiger partial charge in [0.05, 0.1) is 12.6 Å². The molecule has 0 spiro atoms. The summed E-state index contributed by atoms with van der Waals surface area (Å²) in [7, 11) is 0. The second kappa shape index (κ2) is 6.45. The number of anilines is 1. The number of para-hydroxylation sites is 1. The fraction of sp³-hybridized carbons (Fsp3) is 0.188. The highest BCUT2D eigenvalue weighted by atomic mass is 79.9. The van der Waals surface area contributed by atoms with Crippen LogP contribution >= 0.6 is 27.3 Å². The van der Waals surface area contributed by atoms with E-state index in [0.29, 0.717) is 0 Å². The summed E-state index contributed by atoms with van der Waals surface area (Å²) in [5.74, 6) is 0. The van der Waals surface area contributed by atoms with E-state index in [1.165, 1.54) is 10.4 Å². The SMILES string of the molecule is CC(Nc1ccccc1Cn1cccn1)c1cc(Br)cs1. The van der Waals surface area contributed by atoms with Gasteiger partial charge in [-0.2, -0.15) is 5.10 Å². The van der Waals surface area contributed by atoms with Crippen LogP contribution in [0, 0.1) is 0 Å². The lowest BCUT2D eigenvalue weighted by molar-refractivity contribution is 0.686. The molecule has 1 aromatic carbocycles. The van der Waals surface area contributed by atoms with E-state index in [1.807, 2.05) is 23.1 Å². The normalized spacial score (nSPS) is 12.3. The molecule has 1 atom stereocenters. The summed E-state index contributed by atoms with van der Waals surface area (Å²) in [6.45, 7) is 2.96. The quantitative estimate of drug-likeness (QED) is 0.698. The van der Waals surface area contributed by atoms with E-state index in [4.69, 9.17) is 0 Å². The van der Waals surface area contributed by atoms with Crippen LogP contribution in [0.4, 0.5) is 5.69 Å². The first-order valence-corrected chi connectivity index (χ1v) is 8.45. The standard InChI is InChI=1S/C16H16BrN3S/c1-12(16-9-14(17)11-21-16)19-15-6-3-2-5-13(15)10-20-8-4-7-18-20/h2-9,11-12,19H,10H2,1H3. The van der Waals surface area contributed by atoms with Crippen molar-refractivity contribution in [1.29, 1.82) is 0 Å². The fourth-order valence-corrected chi connectivity index (χ4v) is 3.68. The van der Waals surface area contributed by atoms with E-state index >= 15 is 0 Å². The molecule has 1 unspecified atom stereocenters. The second-order valence-electron chi connectivity index (χ2n) is 4.89. The molecule has 2 aromatic heterocycles. The van der Waals surface area contributed by atoms with Crippen molar-refractivity contribution < 1.29 is 0 Å². The summed E-state index contributed by atoms with van der Waals surface area (Å²) in [5.41, 5.74) is 2.40. The molecule has 0 radical (unpaired) electrons. The number of thiophene rings is 1. The first kappa shape index (κ1) is 14.4. The molecule has 3 rings (SSSR count). The highest BCUT2D eigenvalue weighted by Crippen LogP contribution is 2.29. The van der Waals surface area contributed by atoms with Gasteiger partial charge < -0.3 is 5.32 Å². The van der Waals surface area contributed by atoms with Crippen molar-refractivity contribution in [3.63, 3.8) is 0 Å². The summed E-state index contributed by atoms with van der Waals surface area (Å²) in [6, 6.07) is 12.8. The zero-order valence-corrected chi connectivity index (χ0v) is 14.1. The fourth-order valence-electron chi connectivity index (χ4n) is 2.23. The van der Waals surface area contributed by atoms with Gasteiger partial charge in [0.2, 0.25) is 0 Å². The number of nitrogens with zero attached hydrogens (tertiary/aromatic N) is 2. The zero-order valence-electron chi connectivity index (χ0n) is 11.7. The van der Waals surface area contributed by atoms with Crippen LogP contribution in [0.15, 0.2) is 58.6 Å². The van der Waals surface area contributed by atoms with E-state index < -0.39 is 0 Å². The number of hydrogen-bond acceptors (Lipinski definition) is 3. The second-order valence-corrected chi connectivity index (χ2v) is 6.75. The van der Waals surface area contributed by atoms with Crippen LogP contribution in [0.3, 0.4) is 0 Å². The van der Waals surface area contributed by atoms with Crippen LogP contribution in [-0.4, -0.2) is 9.78 Å². The molecule has 2 heterocycles. The van der Waals surface area contributed by atoms with Gasteiger partial charge in [-0.05, 0) is 46.6 Å². The molecule has 3 aromatic rings. The van der Waals surface area contributed by atoms with Crippen LogP contribution in [0.1, 0.15) is 23.4 Å². The Morgan fingerprint density at radius 2 is 2.19 bits per heavy atom. The van der Waals surface area contributed by atoms with E-state index in [-0.39, 0.29) is 6.04 Å². The molecule has 3 nitrogen and oxygen atoms in total. The maximum Gasteiger partial charge on any atom is 0.0679 e. The molecule has 5 heteroatoms. The number of halogens is 1. The molecule has 0 amide bonds. The van der Waals surface area contributed by atoms with E-state index in [2.05, 4.69) is 69.0 Å². The molecular formula is C16H16BrN3S. The summed E-state index contributed by atoms with van der Waals surface area (Å²) in [6.07, 6.45) is 3.79. The highest BCUT2D eigenvalue weighted by molar-refractivity contribution is 9.10. The minimum absolute atomic E-state index is 0.278. The lowest BCUT2D eigenvalue weighted by atomic mass is 10.1. The third-order valence-electron chi connectivity index (χ3n) is 3.30. The van der Waals surface area contributed by atoms with Crippen molar-refractivity contribution in [2.24, 2.45) is 0 Å². The van der Waals surface area contributed by atoms with Gasteiger partial charge in [-0.1, -0.05) is 18.2 Å². The number of nitrogens with one attached hydrogen (secondary N) is 1. The number of rotatable bonds is 5. The van der Waals surface area contributed by atoms with Crippen LogP contribution in [-0.2, 0) is 6.54 Å². The molecule has 0 aliphatic carbocycles. The average Bonchev–Trinajstić information content (AvgIpc) is 3.12. The predicted octanol–water partition coefficient (Wildman–Crippen LogP) is 4.93. The number of hydrogen-bond donors (Lipinski definition) is 1. The smallest absolute Gasteiger partial charge is 0.0679 e. The van der Waals surface area contributed by atoms with Crippen molar-refractivity contribution in [3.05, 3.63) is 69.1 Å². The summed E-state index contributed by atoms with van der Waals surface area (Å²) in [5, 5.41) is 9.99. The number of benzene rings is 1. The van der Waals surface area contributed by atoms with Gasteiger partial charge in [0, 0.05) is 32.8 Å². The van der Waals surface area contributed by atoms with Crippen LogP contribution in [0.2, 0.25) is 0 Å². The molecule has 0 bridgehead atoms. The van der Waals surface area contributed by atoms with Crippen molar-refractivity contribution in [3.8, 4) is 0 Å². The van der Waals surface area contributed by atoms with E-state index in [9.17, 15) is 0 Å². The molecule has 21 heavy (non-hydrogen) atoms. The molecule has 0 aliphatic rings. The van der Waals surface area contributed by atoms with Gasteiger partial charge >= 0.3 is 0 Å².